The van der Waals surface area contributed by atoms with Crippen molar-refractivity contribution in [1.82, 2.24) is 4.98 Å². The van der Waals surface area contributed by atoms with Crippen LogP contribution in [0.25, 0.3) is 0 Å². The van der Waals surface area contributed by atoms with E-state index in [4.69, 9.17) is 9.84 Å². The molecule has 1 heterocycles. The van der Waals surface area contributed by atoms with E-state index < -0.39 is 17.7 Å². The number of carboxylic acids is 1. The number of carbonyl (C=O) groups is 2. The SMILES string of the molecule is Cc1nc(C(=O)Nc2ccc(F)cc2OCC2CC2)ccc1C(=O)O. The van der Waals surface area contributed by atoms with Crippen molar-refractivity contribution in [3.05, 3.63) is 53.1 Å². The lowest BCUT2D eigenvalue weighted by molar-refractivity contribution is 0.0695. The fourth-order valence-corrected chi connectivity index (χ4v) is 2.31. The summed E-state index contributed by atoms with van der Waals surface area (Å²) in [4.78, 5) is 27.4. The topological polar surface area (TPSA) is 88.5 Å². The van der Waals surface area contributed by atoms with Crippen LogP contribution < -0.4 is 10.1 Å². The number of halogens is 1. The van der Waals surface area contributed by atoms with Gasteiger partial charge in [0.1, 0.15) is 17.3 Å². The molecule has 1 aromatic heterocycles. The second-order valence-corrected chi connectivity index (χ2v) is 5.98. The van der Waals surface area contributed by atoms with Crippen molar-refractivity contribution in [3.63, 3.8) is 0 Å². The van der Waals surface area contributed by atoms with E-state index in [1.807, 2.05) is 0 Å². The summed E-state index contributed by atoms with van der Waals surface area (Å²) in [5.74, 6) is -1.34. The number of pyridine rings is 1. The third kappa shape index (κ3) is 4.12. The summed E-state index contributed by atoms with van der Waals surface area (Å²) in [6.45, 7) is 2.00. The maximum atomic E-state index is 13.5. The van der Waals surface area contributed by atoms with Crippen LogP contribution in [0.3, 0.4) is 0 Å². The minimum absolute atomic E-state index is 0.0341. The van der Waals surface area contributed by atoms with Gasteiger partial charge in [-0.25, -0.2) is 14.2 Å². The molecule has 1 amide bonds. The molecule has 3 rings (SSSR count). The van der Waals surface area contributed by atoms with E-state index in [0.717, 1.165) is 12.8 Å². The maximum absolute atomic E-state index is 13.5. The Balaban J connectivity index is 1.78. The molecule has 0 unspecified atom stereocenters. The predicted octanol–water partition coefficient (Wildman–Crippen LogP) is 3.27. The number of aromatic nitrogens is 1. The average molecular weight is 344 g/mol. The van der Waals surface area contributed by atoms with Crippen molar-refractivity contribution in [2.24, 2.45) is 5.92 Å². The second kappa shape index (κ2) is 6.88. The molecule has 130 valence electrons. The molecule has 0 atom stereocenters. The zero-order chi connectivity index (χ0) is 18.0. The minimum atomic E-state index is -1.11. The molecule has 1 aromatic carbocycles. The summed E-state index contributed by atoms with van der Waals surface area (Å²) in [5.41, 5.74) is 0.685. The molecule has 6 nitrogen and oxygen atoms in total. The van der Waals surface area contributed by atoms with Gasteiger partial charge in [-0.3, -0.25) is 4.79 Å². The lowest BCUT2D eigenvalue weighted by atomic mass is 10.2. The molecular formula is C18H17FN2O4. The summed E-state index contributed by atoms with van der Waals surface area (Å²) >= 11 is 0. The molecule has 1 saturated carbocycles. The number of hydrogen-bond acceptors (Lipinski definition) is 4. The molecule has 0 radical (unpaired) electrons. The Morgan fingerprint density at radius 1 is 1.32 bits per heavy atom. The van der Waals surface area contributed by atoms with Gasteiger partial charge in [-0.15, -0.1) is 0 Å². The van der Waals surface area contributed by atoms with Gasteiger partial charge in [0.15, 0.2) is 0 Å². The van der Waals surface area contributed by atoms with Crippen LogP contribution in [0, 0.1) is 18.7 Å². The van der Waals surface area contributed by atoms with Crippen LogP contribution in [0.15, 0.2) is 30.3 Å². The van der Waals surface area contributed by atoms with E-state index in [0.29, 0.717) is 18.2 Å². The van der Waals surface area contributed by atoms with Crippen LogP contribution in [0.1, 0.15) is 39.4 Å². The molecular weight excluding hydrogens is 327 g/mol. The molecule has 0 aliphatic heterocycles. The van der Waals surface area contributed by atoms with Crippen molar-refractivity contribution >= 4 is 17.6 Å². The van der Waals surface area contributed by atoms with Gasteiger partial charge >= 0.3 is 5.97 Å². The number of aromatic carboxylic acids is 1. The van der Waals surface area contributed by atoms with Gasteiger partial charge in [0.2, 0.25) is 0 Å². The monoisotopic (exact) mass is 344 g/mol. The molecule has 7 heteroatoms. The third-order valence-electron chi connectivity index (χ3n) is 3.91. The molecule has 25 heavy (non-hydrogen) atoms. The first kappa shape index (κ1) is 16.9. The lowest BCUT2D eigenvalue weighted by Gasteiger charge is -2.12. The van der Waals surface area contributed by atoms with Gasteiger partial charge in [-0.2, -0.15) is 0 Å². The highest BCUT2D eigenvalue weighted by Gasteiger charge is 2.23. The number of nitrogens with zero attached hydrogens (tertiary/aromatic N) is 1. The van der Waals surface area contributed by atoms with E-state index >= 15 is 0 Å². The van der Waals surface area contributed by atoms with E-state index in [1.54, 1.807) is 0 Å². The Kier molecular flexibility index (Phi) is 4.65. The summed E-state index contributed by atoms with van der Waals surface area (Å²) in [6.07, 6.45) is 2.19. The summed E-state index contributed by atoms with van der Waals surface area (Å²) in [7, 11) is 0. The standard InChI is InChI=1S/C18H17FN2O4/c1-10-13(18(23)24)5-7-15(20-10)17(22)21-14-6-4-12(19)8-16(14)25-9-11-2-3-11/h4-8,11H,2-3,9H2,1H3,(H,21,22)(H,23,24). The first-order chi connectivity index (χ1) is 11.9. The molecule has 2 aromatic rings. The van der Waals surface area contributed by atoms with E-state index in [9.17, 15) is 14.0 Å². The predicted molar refractivity (Wildman–Crippen MR) is 88.5 cm³/mol. The van der Waals surface area contributed by atoms with E-state index in [1.165, 1.54) is 37.3 Å². The Labute approximate surface area is 143 Å². The largest absolute Gasteiger partial charge is 0.491 e. The van der Waals surface area contributed by atoms with Gasteiger partial charge < -0.3 is 15.2 Å². The molecule has 0 bridgehead atoms. The number of benzene rings is 1. The lowest BCUT2D eigenvalue weighted by Crippen LogP contribution is -2.16. The van der Waals surface area contributed by atoms with Crippen LogP contribution >= 0.6 is 0 Å². The van der Waals surface area contributed by atoms with Gasteiger partial charge in [-0.05, 0) is 49.9 Å². The molecule has 2 N–H and O–H groups in total. The fourth-order valence-electron chi connectivity index (χ4n) is 2.31. The van der Waals surface area contributed by atoms with Crippen molar-refractivity contribution < 1.29 is 23.8 Å². The zero-order valence-electron chi connectivity index (χ0n) is 13.6. The van der Waals surface area contributed by atoms with Gasteiger partial charge in [0.25, 0.3) is 5.91 Å². The van der Waals surface area contributed by atoms with Gasteiger partial charge in [0, 0.05) is 6.07 Å². The fraction of sp³-hybridized carbons (Fsp3) is 0.278. The van der Waals surface area contributed by atoms with Gasteiger partial charge in [0.05, 0.1) is 23.6 Å². The second-order valence-electron chi connectivity index (χ2n) is 5.98. The first-order valence-electron chi connectivity index (χ1n) is 7.88. The quantitative estimate of drug-likeness (QED) is 0.840. The highest BCUT2D eigenvalue weighted by molar-refractivity contribution is 6.04. The number of aryl methyl sites for hydroxylation is 1. The Morgan fingerprint density at radius 3 is 2.72 bits per heavy atom. The molecule has 0 saturated heterocycles. The number of amides is 1. The third-order valence-corrected chi connectivity index (χ3v) is 3.91. The number of nitrogens with one attached hydrogen (secondary N) is 1. The van der Waals surface area contributed by atoms with Crippen molar-refractivity contribution in [3.8, 4) is 5.75 Å². The number of rotatable bonds is 6. The Bertz CT molecular complexity index is 834. The highest BCUT2D eigenvalue weighted by Crippen LogP contribution is 2.32. The number of carbonyl (C=O) groups excluding carboxylic acids is 1. The van der Waals surface area contributed by atoms with Gasteiger partial charge in [-0.1, -0.05) is 0 Å². The number of anilines is 1. The van der Waals surface area contributed by atoms with Crippen LogP contribution in [-0.4, -0.2) is 28.6 Å². The number of hydrogen-bond donors (Lipinski definition) is 2. The minimum Gasteiger partial charge on any atom is -0.491 e. The molecule has 1 fully saturated rings. The van der Waals surface area contributed by atoms with Crippen LogP contribution in [0.4, 0.5) is 10.1 Å². The normalized spacial score (nSPS) is 13.4. The summed E-state index contributed by atoms with van der Waals surface area (Å²) < 4.78 is 19.1. The number of ether oxygens (including phenoxy) is 1. The highest BCUT2D eigenvalue weighted by atomic mass is 19.1. The van der Waals surface area contributed by atoms with Crippen LogP contribution in [0.5, 0.6) is 5.75 Å². The number of carboxylic acid groups (broad SMARTS) is 1. The Morgan fingerprint density at radius 2 is 2.08 bits per heavy atom. The average Bonchev–Trinajstić information content (AvgIpc) is 3.38. The summed E-state index contributed by atoms with van der Waals surface area (Å²) in [6, 6.07) is 6.54. The van der Waals surface area contributed by atoms with Crippen molar-refractivity contribution in [1.29, 1.82) is 0 Å². The molecule has 1 aliphatic rings. The molecule has 0 spiro atoms. The first-order valence-corrected chi connectivity index (χ1v) is 7.88. The van der Waals surface area contributed by atoms with Crippen LogP contribution in [-0.2, 0) is 0 Å². The Hall–Kier alpha value is -2.96. The van der Waals surface area contributed by atoms with Crippen molar-refractivity contribution in [2.45, 2.75) is 19.8 Å². The van der Waals surface area contributed by atoms with Crippen molar-refractivity contribution in [2.75, 3.05) is 11.9 Å². The smallest absolute Gasteiger partial charge is 0.337 e. The van der Waals surface area contributed by atoms with E-state index in [2.05, 4.69) is 10.3 Å². The summed E-state index contributed by atoms with van der Waals surface area (Å²) in [5, 5.41) is 11.6. The van der Waals surface area contributed by atoms with E-state index in [-0.39, 0.29) is 22.7 Å². The zero-order valence-corrected chi connectivity index (χ0v) is 13.6. The maximum Gasteiger partial charge on any atom is 0.337 e. The molecule has 1 aliphatic carbocycles. The van der Waals surface area contributed by atoms with Crippen LogP contribution in [0.2, 0.25) is 0 Å².